The van der Waals surface area contributed by atoms with E-state index in [2.05, 4.69) is 45.2 Å². The number of hydrogen-bond donors (Lipinski definition) is 2. The predicted molar refractivity (Wildman–Crippen MR) is 114 cm³/mol. The van der Waals surface area contributed by atoms with E-state index >= 15 is 0 Å². The number of piperazine rings is 1. The molecule has 0 aliphatic carbocycles. The van der Waals surface area contributed by atoms with Crippen LogP contribution in [0.3, 0.4) is 0 Å². The van der Waals surface area contributed by atoms with Crippen molar-refractivity contribution in [3.8, 4) is 17.0 Å². The van der Waals surface area contributed by atoms with E-state index in [1.165, 1.54) is 5.69 Å². The normalized spacial score (nSPS) is 14.2. The van der Waals surface area contributed by atoms with Gasteiger partial charge in [-0.3, -0.25) is 0 Å². The smallest absolute Gasteiger partial charge is 0.187 e. The fourth-order valence-electron chi connectivity index (χ4n) is 3.15. The van der Waals surface area contributed by atoms with Gasteiger partial charge in [-0.05, 0) is 43.3 Å². The molecule has 2 aromatic carbocycles. The Morgan fingerprint density at radius 1 is 1.07 bits per heavy atom. The third kappa shape index (κ3) is 4.40. The number of aromatic nitrogens is 1. The minimum absolute atomic E-state index is 0.677. The maximum Gasteiger partial charge on any atom is 0.187 e. The van der Waals surface area contributed by atoms with Crippen molar-refractivity contribution in [2.24, 2.45) is 0 Å². The summed E-state index contributed by atoms with van der Waals surface area (Å²) < 4.78 is 5.48. The molecule has 0 bridgehead atoms. The standard InChI is InChI=1S/C21H24N4OS/c1-2-26-19-9-5-17(6-10-19)23-21-24-20(15-27-21)16-3-7-18(8-4-16)25-13-11-22-12-14-25/h3-10,15,22H,2,11-14H2,1H3,(H,23,24). The Labute approximate surface area is 164 Å². The molecule has 1 saturated heterocycles. The lowest BCUT2D eigenvalue weighted by molar-refractivity contribution is 0.340. The summed E-state index contributed by atoms with van der Waals surface area (Å²) in [7, 11) is 0. The molecule has 1 aliphatic heterocycles. The van der Waals surface area contributed by atoms with E-state index in [-0.39, 0.29) is 0 Å². The zero-order chi connectivity index (χ0) is 18.5. The van der Waals surface area contributed by atoms with Crippen LogP contribution in [0.1, 0.15) is 6.92 Å². The first-order chi connectivity index (χ1) is 13.3. The molecular formula is C21H24N4OS. The number of nitrogens with zero attached hydrogens (tertiary/aromatic N) is 2. The van der Waals surface area contributed by atoms with Crippen molar-refractivity contribution in [1.82, 2.24) is 10.3 Å². The van der Waals surface area contributed by atoms with Crippen molar-refractivity contribution in [2.45, 2.75) is 6.92 Å². The lowest BCUT2D eigenvalue weighted by Crippen LogP contribution is -2.43. The topological polar surface area (TPSA) is 49.4 Å². The Morgan fingerprint density at radius 3 is 2.52 bits per heavy atom. The molecule has 1 aromatic heterocycles. The summed E-state index contributed by atoms with van der Waals surface area (Å²) in [5.41, 5.74) is 4.43. The summed E-state index contributed by atoms with van der Waals surface area (Å²) in [6.45, 7) is 6.89. The number of anilines is 3. The minimum atomic E-state index is 0.677. The molecule has 0 spiro atoms. The van der Waals surface area contributed by atoms with Gasteiger partial charge in [0, 0.05) is 48.5 Å². The highest BCUT2D eigenvalue weighted by atomic mass is 32.1. The first-order valence-corrected chi connectivity index (χ1v) is 10.2. The van der Waals surface area contributed by atoms with Crippen LogP contribution in [0, 0.1) is 0 Å². The second-order valence-electron chi connectivity index (χ2n) is 6.40. The molecule has 0 saturated carbocycles. The summed E-state index contributed by atoms with van der Waals surface area (Å²) in [4.78, 5) is 7.15. The molecule has 0 amide bonds. The maximum absolute atomic E-state index is 5.48. The van der Waals surface area contributed by atoms with Crippen molar-refractivity contribution in [1.29, 1.82) is 0 Å². The molecule has 2 N–H and O–H groups in total. The van der Waals surface area contributed by atoms with E-state index in [0.717, 1.165) is 54.0 Å². The quantitative estimate of drug-likeness (QED) is 0.665. The molecule has 0 radical (unpaired) electrons. The van der Waals surface area contributed by atoms with Crippen LogP contribution in [0.25, 0.3) is 11.3 Å². The molecule has 2 heterocycles. The average Bonchev–Trinajstić information content (AvgIpc) is 3.19. The third-order valence-corrected chi connectivity index (χ3v) is 5.32. The van der Waals surface area contributed by atoms with Crippen LogP contribution in [-0.4, -0.2) is 37.8 Å². The van der Waals surface area contributed by atoms with Crippen LogP contribution in [0.15, 0.2) is 53.9 Å². The summed E-state index contributed by atoms with van der Waals surface area (Å²) in [5.74, 6) is 0.882. The zero-order valence-corrected chi connectivity index (χ0v) is 16.3. The zero-order valence-electron chi connectivity index (χ0n) is 15.4. The molecule has 1 aliphatic rings. The Hall–Kier alpha value is -2.57. The van der Waals surface area contributed by atoms with Gasteiger partial charge in [0.2, 0.25) is 0 Å². The summed E-state index contributed by atoms with van der Waals surface area (Å²) >= 11 is 1.61. The highest BCUT2D eigenvalue weighted by Gasteiger charge is 2.11. The van der Waals surface area contributed by atoms with Gasteiger partial charge in [-0.15, -0.1) is 11.3 Å². The van der Waals surface area contributed by atoms with Crippen LogP contribution in [-0.2, 0) is 0 Å². The maximum atomic E-state index is 5.48. The second-order valence-corrected chi connectivity index (χ2v) is 7.26. The van der Waals surface area contributed by atoms with E-state index in [9.17, 15) is 0 Å². The number of ether oxygens (including phenoxy) is 1. The van der Waals surface area contributed by atoms with Gasteiger partial charge in [0.1, 0.15) is 5.75 Å². The van der Waals surface area contributed by atoms with Crippen molar-refractivity contribution in [2.75, 3.05) is 43.0 Å². The summed E-state index contributed by atoms with van der Waals surface area (Å²) in [6, 6.07) is 16.7. The van der Waals surface area contributed by atoms with E-state index in [0.29, 0.717) is 6.61 Å². The van der Waals surface area contributed by atoms with E-state index < -0.39 is 0 Å². The highest BCUT2D eigenvalue weighted by Crippen LogP contribution is 2.29. The van der Waals surface area contributed by atoms with Gasteiger partial charge in [0.25, 0.3) is 0 Å². The number of hydrogen-bond acceptors (Lipinski definition) is 6. The van der Waals surface area contributed by atoms with Gasteiger partial charge >= 0.3 is 0 Å². The molecule has 6 heteroatoms. The van der Waals surface area contributed by atoms with Crippen molar-refractivity contribution >= 4 is 27.8 Å². The lowest BCUT2D eigenvalue weighted by Gasteiger charge is -2.29. The van der Waals surface area contributed by atoms with Gasteiger partial charge < -0.3 is 20.3 Å². The Kier molecular flexibility index (Phi) is 5.55. The van der Waals surface area contributed by atoms with Crippen LogP contribution in [0.4, 0.5) is 16.5 Å². The van der Waals surface area contributed by atoms with Crippen molar-refractivity contribution in [3.63, 3.8) is 0 Å². The van der Waals surface area contributed by atoms with Gasteiger partial charge in [-0.1, -0.05) is 12.1 Å². The lowest BCUT2D eigenvalue weighted by atomic mass is 10.1. The van der Waals surface area contributed by atoms with Crippen LogP contribution >= 0.6 is 11.3 Å². The van der Waals surface area contributed by atoms with Crippen molar-refractivity contribution in [3.05, 3.63) is 53.9 Å². The van der Waals surface area contributed by atoms with Crippen LogP contribution in [0.5, 0.6) is 5.75 Å². The largest absolute Gasteiger partial charge is 0.494 e. The molecule has 4 rings (SSSR count). The molecule has 1 fully saturated rings. The van der Waals surface area contributed by atoms with E-state index in [4.69, 9.17) is 9.72 Å². The molecule has 3 aromatic rings. The number of thiazole rings is 1. The molecular weight excluding hydrogens is 356 g/mol. The molecule has 27 heavy (non-hydrogen) atoms. The second kappa shape index (κ2) is 8.41. The van der Waals surface area contributed by atoms with Crippen LogP contribution in [0.2, 0.25) is 0 Å². The number of rotatable bonds is 6. The highest BCUT2D eigenvalue weighted by molar-refractivity contribution is 7.14. The van der Waals surface area contributed by atoms with Gasteiger partial charge in [-0.25, -0.2) is 4.98 Å². The Bertz CT molecular complexity index is 855. The minimum Gasteiger partial charge on any atom is -0.494 e. The van der Waals surface area contributed by atoms with Crippen molar-refractivity contribution < 1.29 is 4.74 Å². The molecule has 140 valence electrons. The number of benzene rings is 2. The molecule has 0 unspecified atom stereocenters. The first-order valence-electron chi connectivity index (χ1n) is 9.33. The molecule has 5 nitrogen and oxygen atoms in total. The summed E-state index contributed by atoms with van der Waals surface area (Å²) in [6.07, 6.45) is 0. The van der Waals surface area contributed by atoms with E-state index in [1.54, 1.807) is 11.3 Å². The van der Waals surface area contributed by atoms with Gasteiger partial charge in [0.05, 0.1) is 12.3 Å². The Morgan fingerprint density at radius 2 is 1.81 bits per heavy atom. The predicted octanol–water partition coefficient (Wildman–Crippen LogP) is 4.36. The Balaban J connectivity index is 1.42. The van der Waals surface area contributed by atoms with Gasteiger partial charge in [0.15, 0.2) is 5.13 Å². The fraction of sp³-hybridized carbons (Fsp3) is 0.286. The fourth-order valence-corrected chi connectivity index (χ4v) is 3.89. The average molecular weight is 381 g/mol. The van der Waals surface area contributed by atoms with Crippen LogP contribution < -0.4 is 20.3 Å². The number of nitrogens with one attached hydrogen (secondary N) is 2. The monoisotopic (exact) mass is 380 g/mol. The third-order valence-electron chi connectivity index (χ3n) is 4.57. The summed E-state index contributed by atoms with van der Waals surface area (Å²) in [5, 5.41) is 9.74. The van der Waals surface area contributed by atoms with Gasteiger partial charge in [-0.2, -0.15) is 0 Å². The first kappa shape index (κ1) is 17.8. The molecule has 0 atom stereocenters. The SMILES string of the molecule is CCOc1ccc(Nc2nc(-c3ccc(N4CCNCC4)cc3)cs2)cc1. The van der Waals surface area contributed by atoms with E-state index in [1.807, 2.05) is 31.2 Å².